The van der Waals surface area contributed by atoms with Crippen molar-refractivity contribution in [1.29, 1.82) is 0 Å². The van der Waals surface area contributed by atoms with Gasteiger partial charge in [0.05, 0.1) is 0 Å². The molecule has 1 aromatic rings. The Morgan fingerprint density at radius 1 is 1.38 bits per heavy atom. The number of carbonyl (C=O) groups excluding carboxylic acids is 1. The maximum atomic E-state index is 13.6. The Hall–Kier alpha value is -1.65. The molecule has 1 amide bonds. The third-order valence-corrected chi connectivity index (χ3v) is 2.28. The van der Waals surface area contributed by atoms with E-state index < -0.39 is 17.7 Å². The second-order valence-corrected chi connectivity index (χ2v) is 3.53. The Morgan fingerprint density at radius 3 is 2.56 bits per heavy atom. The smallest absolute Gasteiger partial charge is 0.241 e. The van der Waals surface area contributed by atoms with Gasteiger partial charge in [0.1, 0.15) is 17.5 Å². The van der Waals surface area contributed by atoms with Crippen molar-refractivity contribution in [2.24, 2.45) is 0 Å². The van der Waals surface area contributed by atoms with Crippen molar-refractivity contribution in [2.75, 3.05) is 12.4 Å². The van der Waals surface area contributed by atoms with Crippen LogP contribution in [0.3, 0.4) is 0 Å². The standard InChI is InChI=1S/C11H14F2N2O/c1-6-4-5-8(12)10(9(6)13)15-7(2)11(16)14-3/h4-5,7,15H,1-3H3,(H,14,16). The van der Waals surface area contributed by atoms with E-state index in [2.05, 4.69) is 10.6 Å². The first-order valence-corrected chi connectivity index (χ1v) is 4.90. The van der Waals surface area contributed by atoms with Crippen LogP contribution in [0.4, 0.5) is 14.5 Å². The second kappa shape index (κ2) is 4.92. The van der Waals surface area contributed by atoms with Crippen LogP contribution in [0, 0.1) is 18.6 Å². The quantitative estimate of drug-likeness (QED) is 0.828. The van der Waals surface area contributed by atoms with Crippen molar-refractivity contribution in [3.05, 3.63) is 29.3 Å². The number of benzene rings is 1. The first-order valence-electron chi connectivity index (χ1n) is 4.90. The van der Waals surface area contributed by atoms with Gasteiger partial charge >= 0.3 is 0 Å². The number of carbonyl (C=O) groups is 1. The Bertz CT molecular complexity index is 407. The van der Waals surface area contributed by atoms with Gasteiger partial charge in [0.25, 0.3) is 0 Å². The predicted octanol–water partition coefficient (Wildman–Crippen LogP) is 1.82. The highest BCUT2D eigenvalue weighted by Crippen LogP contribution is 2.22. The van der Waals surface area contributed by atoms with Gasteiger partial charge in [-0.3, -0.25) is 4.79 Å². The highest BCUT2D eigenvalue weighted by molar-refractivity contribution is 5.83. The highest BCUT2D eigenvalue weighted by Gasteiger charge is 2.17. The third-order valence-electron chi connectivity index (χ3n) is 2.28. The van der Waals surface area contributed by atoms with Gasteiger partial charge in [-0.2, -0.15) is 0 Å². The van der Waals surface area contributed by atoms with Crippen LogP contribution in [0.15, 0.2) is 12.1 Å². The van der Waals surface area contributed by atoms with E-state index in [9.17, 15) is 13.6 Å². The van der Waals surface area contributed by atoms with Crippen LogP contribution in [0.5, 0.6) is 0 Å². The van der Waals surface area contributed by atoms with E-state index in [1.54, 1.807) is 0 Å². The lowest BCUT2D eigenvalue weighted by Crippen LogP contribution is -2.35. The second-order valence-electron chi connectivity index (χ2n) is 3.53. The zero-order valence-corrected chi connectivity index (χ0v) is 9.40. The van der Waals surface area contributed by atoms with E-state index >= 15 is 0 Å². The summed E-state index contributed by atoms with van der Waals surface area (Å²) >= 11 is 0. The third kappa shape index (κ3) is 2.48. The maximum absolute atomic E-state index is 13.6. The minimum absolute atomic E-state index is 0.267. The topological polar surface area (TPSA) is 41.1 Å². The normalized spacial score (nSPS) is 12.1. The number of rotatable bonds is 3. The van der Waals surface area contributed by atoms with E-state index in [0.29, 0.717) is 5.56 Å². The summed E-state index contributed by atoms with van der Waals surface area (Å²) in [7, 11) is 1.46. The SMILES string of the molecule is CNC(=O)C(C)Nc1c(F)ccc(C)c1F. The van der Waals surface area contributed by atoms with Crippen molar-refractivity contribution < 1.29 is 13.6 Å². The average molecular weight is 228 g/mol. The van der Waals surface area contributed by atoms with Gasteiger partial charge in [0, 0.05) is 7.05 Å². The van der Waals surface area contributed by atoms with E-state index in [4.69, 9.17) is 0 Å². The number of nitrogens with one attached hydrogen (secondary N) is 2. The van der Waals surface area contributed by atoms with Gasteiger partial charge in [0.2, 0.25) is 5.91 Å². The van der Waals surface area contributed by atoms with Crippen molar-refractivity contribution in [3.63, 3.8) is 0 Å². The van der Waals surface area contributed by atoms with Crippen LogP contribution in [-0.2, 0) is 4.79 Å². The summed E-state index contributed by atoms with van der Waals surface area (Å²) in [6, 6.07) is 1.81. The van der Waals surface area contributed by atoms with Gasteiger partial charge in [-0.15, -0.1) is 0 Å². The van der Waals surface area contributed by atoms with Crippen molar-refractivity contribution in [2.45, 2.75) is 19.9 Å². The fraction of sp³-hybridized carbons (Fsp3) is 0.364. The summed E-state index contributed by atoms with van der Waals surface area (Å²) < 4.78 is 26.9. The molecule has 16 heavy (non-hydrogen) atoms. The fourth-order valence-electron chi connectivity index (χ4n) is 1.29. The van der Waals surface area contributed by atoms with Gasteiger partial charge in [-0.05, 0) is 25.5 Å². The van der Waals surface area contributed by atoms with Gasteiger partial charge in [-0.25, -0.2) is 8.78 Å². The molecule has 0 aliphatic carbocycles. The summed E-state index contributed by atoms with van der Waals surface area (Å²) in [5, 5.41) is 4.90. The molecule has 1 rings (SSSR count). The summed E-state index contributed by atoms with van der Waals surface area (Å²) in [5.41, 5.74) is 0.0594. The van der Waals surface area contributed by atoms with Crippen LogP contribution < -0.4 is 10.6 Å². The Morgan fingerprint density at radius 2 is 2.00 bits per heavy atom. The lowest BCUT2D eigenvalue weighted by atomic mass is 10.2. The van der Waals surface area contributed by atoms with E-state index in [0.717, 1.165) is 6.07 Å². The molecule has 5 heteroatoms. The van der Waals surface area contributed by atoms with Crippen molar-refractivity contribution in [1.82, 2.24) is 5.32 Å². The summed E-state index contributed by atoms with van der Waals surface area (Å²) in [4.78, 5) is 11.2. The van der Waals surface area contributed by atoms with Crippen LogP contribution in [-0.4, -0.2) is 19.0 Å². The first-order chi connectivity index (χ1) is 7.47. The Balaban J connectivity index is 2.97. The molecule has 3 nitrogen and oxygen atoms in total. The lowest BCUT2D eigenvalue weighted by molar-refractivity contribution is -0.121. The molecule has 1 aromatic carbocycles. The van der Waals surface area contributed by atoms with Crippen LogP contribution >= 0.6 is 0 Å². The molecule has 0 aliphatic heterocycles. The summed E-state index contributed by atoms with van der Waals surface area (Å²) in [6.07, 6.45) is 0. The number of hydrogen-bond donors (Lipinski definition) is 2. The molecule has 0 radical (unpaired) electrons. The van der Waals surface area contributed by atoms with E-state index in [1.807, 2.05) is 0 Å². The molecule has 1 unspecified atom stereocenters. The highest BCUT2D eigenvalue weighted by atomic mass is 19.1. The molecule has 88 valence electrons. The summed E-state index contributed by atoms with van der Waals surface area (Å²) in [6.45, 7) is 3.06. The van der Waals surface area contributed by atoms with Crippen LogP contribution in [0.1, 0.15) is 12.5 Å². The molecule has 0 aliphatic rings. The summed E-state index contributed by atoms with van der Waals surface area (Å²) in [5.74, 6) is -1.71. The number of aryl methyl sites for hydroxylation is 1. The van der Waals surface area contributed by atoms with Crippen LogP contribution in [0.25, 0.3) is 0 Å². The van der Waals surface area contributed by atoms with Gasteiger partial charge in [-0.1, -0.05) is 6.07 Å². The fourth-order valence-corrected chi connectivity index (χ4v) is 1.29. The first kappa shape index (κ1) is 12.4. The van der Waals surface area contributed by atoms with E-state index in [-0.39, 0.29) is 11.6 Å². The number of anilines is 1. The minimum atomic E-state index is -0.709. The minimum Gasteiger partial charge on any atom is -0.369 e. The Kier molecular flexibility index (Phi) is 3.82. The van der Waals surface area contributed by atoms with Crippen molar-refractivity contribution >= 4 is 11.6 Å². The largest absolute Gasteiger partial charge is 0.369 e. The molecule has 0 fully saturated rings. The molecule has 0 saturated heterocycles. The lowest BCUT2D eigenvalue weighted by Gasteiger charge is -2.15. The molecule has 2 N–H and O–H groups in total. The zero-order chi connectivity index (χ0) is 12.3. The molecule has 1 atom stereocenters. The van der Waals surface area contributed by atoms with Crippen molar-refractivity contribution in [3.8, 4) is 0 Å². The molecule has 0 bridgehead atoms. The maximum Gasteiger partial charge on any atom is 0.241 e. The molecule has 0 aromatic heterocycles. The molecule has 0 spiro atoms. The molecular weight excluding hydrogens is 214 g/mol. The zero-order valence-electron chi connectivity index (χ0n) is 9.40. The van der Waals surface area contributed by atoms with E-state index in [1.165, 1.54) is 27.0 Å². The monoisotopic (exact) mass is 228 g/mol. The average Bonchev–Trinajstić information content (AvgIpc) is 2.28. The molecule has 0 heterocycles. The number of amides is 1. The number of halogens is 2. The molecule has 0 saturated carbocycles. The molecular formula is C11H14F2N2O. The predicted molar refractivity (Wildman–Crippen MR) is 58.2 cm³/mol. The van der Waals surface area contributed by atoms with Gasteiger partial charge < -0.3 is 10.6 Å². The van der Waals surface area contributed by atoms with Crippen LogP contribution in [0.2, 0.25) is 0 Å². The Labute approximate surface area is 92.8 Å². The number of hydrogen-bond acceptors (Lipinski definition) is 2. The van der Waals surface area contributed by atoms with Gasteiger partial charge in [0.15, 0.2) is 5.82 Å². The number of likely N-dealkylation sites (N-methyl/N-ethyl adjacent to an activating group) is 1.